The van der Waals surface area contributed by atoms with Crippen LogP contribution in [-0.4, -0.2) is 7.11 Å². The zero-order chi connectivity index (χ0) is 9.14. The lowest BCUT2D eigenvalue weighted by Crippen LogP contribution is -2.08. The number of methoxy groups -OCH3 is 1. The van der Waals surface area contributed by atoms with E-state index < -0.39 is 0 Å². The van der Waals surface area contributed by atoms with Gasteiger partial charge in [-0.15, -0.1) is 0 Å². The molecule has 0 radical (unpaired) electrons. The fourth-order valence-electron chi connectivity index (χ4n) is 1.07. The Morgan fingerprint density at radius 1 is 1.42 bits per heavy atom. The van der Waals surface area contributed by atoms with Crippen molar-refractivity contribution in [2.45, 2.75) is 13.0 Å². The average Bonchev–Trinajstić information content (AvgIpc) is 2.05. The van der Waals surface area contributed by atoms with Crippen molar-refractivity contribution in [3.63, 3.8) is 0 Å². The molecule has 0 bridgehead atoms. The van der Waals surface area contributed by atoms with Crippen LogP contribution in [0.4, 0.5) is 5.69 Å². The number of rotatable bonds is 2. The van der Waals surface area contributed by atoms with Crippen molar-refractivity contribution in [2.24, 2.45) is 5.73 Å². The molecule has 66 valence electrons. The molecule has 1 rings (SSSR count). The molecule has 0 unspecified atom stereocenters. The Hall–Kier alpha value is -1.22. The SMILES string of the molecule is COc1ccc(N)c([C@@H](C)N)c1. The lowest BCUT2D eigenvalue weighted by molar-refractivity contribution is 0.414. The molecule has 0 amide bonds. The zero-order valence-corrected chi connectivity index (χ0v) is 7.37. The van der Waals surface area contributed by atoms with Gasteiger partial charge in [0.05, 0.1) is 7.11 Å². The van der Waals surface area contributed by atoms with Gasteiger partial charge >= 0.3 is 0 Å². The van der Waals surface area contributed by atoms with E-state index in [1.54, 1.807) is 13.2 Å². The first-order valence-electron chi connectivity index (χ1n) is 3.84. The van der Waals surface area contributed by atoms with E-state index in [2.05, 4.69) is 0 Å². The minimum Gasteiger partial charge on any atom is -0.497 e. The molecule has 3 heteroatoms. The first kappa shape index (κ1) is 8.87. The van der Waals surface area contributed by atoms with Crippen LogP contribution >= 0.6 is 0 Å². The van der Waals surface area contributed by atoms with E-state index in [1.165, 1.54) is 0 Å². The van der Waals surface area contributed by atoms with Crippen LogP contribution in [0.1, 0.15) is 18.5 Å². The van der Waals surface area contributed by atoms with Gasteiger partial charge in [-0.1, -0.05) is 0 Å². The molecule has 4 N–H and O–H groups in total. The standard InChI is InChI=1S/C9H14N2O/c1-6(10)8-5-7(12-2)3-4-9(8)11/h3-6H,10-11H2,1-2H3/t6-/m1/s1. The fraction of sp³-hybridized carbons (Fsp3) is 0.333. The third kappa shape index (κ3) is 1.68. The van der Waals surface area contributed by atoms with Gasteiger partial charge in [-0.25, -0.2) is 0 Å². The minimum atomic E-state index is -0.0555. The van der Waals surface area contributed by atoms with Gasteiger partial charge in [-0.05, 0) is 30.7 Å². The lowest BCUT2D eigenvalue weighted by atomic mass is 10.1. The zero-order valence-electron chi connectivity index (χ0n) is 7.37. The largest absolute Gasteiger partial charge is 0.497 e. The molecule has 0 saturated heterocycles. The van der Waals surface area contributed by atoms with Crippen molar-refractivity contribution in [1.29, 1.82) is 0 Å². The molecule has 0 saturated carbocycles. The Labute approximate surface area is 72.3 Å². The number of nitrogens with two attached hydrogens (primary N) is 2. The van der Waals surface area contributed by atoms with E-state index in [1.807, 2.05) is 19.1 Å². The van der Waals surface area contributed by atoms with Gasteiger partial charge in [0.2, 0.25) is 0 Å². The Balaban J connectivity index is 3.08. The second-order valence-electron chi connectivity index (χ2n) is 2.78. The van der Waals surface area contributed by atoms with Gasteiger partial charge in [0.15, 0.2) is 0 Å². The smallest absolute Gasteiger partial charge is 0.119 e. The number of hydrogen-bond acceptors (Lipinski definition) is 3. The molecular formula is C9H14N2O. The normalized spacial score (nSPS) is 12.6. The third-order valence-corrected chi connectivity index (χ3v) is 1.78. The summed E-state index contributed by atoms with van der Waals surface area (Å²) in [5.41, 5.74) is 13.1. The van der Waals surface area contributed by atoms with Crippen LogP contribution in [0.5, 0.6) is 5.75 Å². The summed E-state index contributed by atoms with van der Waals surface area (Å²) in [6.07, 6.45) is 0. The number of nitrogen functional groups attached to an aromatic ring is 1. The predicted molar refractivity (Wildman–Crippen MR) is 50.0 cm³/mol. The highest BCUT2D eigenvalue weighted by Gasteiger charge is 2.04. The van der Waals surface area contributed by atoms with Crippen molar-refractivity contribution in [3.05, 3.63) is 23.8 Å². The Bertz CT molecular complexity index is 271. The molecule has 3 nitrogen and oxygen atoms in total. The molecule has 0 aromatic heterocycles. The molecule has 0 spiro atoms. The van der Waals surface area contributed by atoms with Crippen LogP contribution in [0.15, 0.2) is 18.2 Å². The topological polar surface area (TPSA) is 61.3 Å². The monoisotopic (exact) mass is 166 g/mol. The Morgan fingerprint density at radius 2 is 2.08 bits per heavy atom. The summed E-state index contributed by atoms with van der Waals surface area (Å²) in [5.74, 6) is 0.788. The summed E-state index contributed by atoms with van der Waals surface area (Å²) >= 11 is 0. The predicted octanol–water partition coefficient (Wildman–Crippen LogP) is 1.30. The Morgan fingerprint density at radius 3 is 2.58 bits per heavy atom. The van der Waals surface area contributed by atoms with Crippen LogP contribution in [-0.2, 0) is 0 Å². The van der Waals surface area contributed by atoms with Gasteiger partial charge < -0.3 is 16.2 Å². The average molecular weight is 166 g/mol. The minimum absolute atomic E-state index is 0.0555. The van der Waals surface area contributed by atoms with Crippen LogP contribution in [0.2, 0.25) is 0 Å². The lowest BCUT2D eigenvalue weighted by Gasteiger charge is -2.10. The maximum absolute atomic E-state index is 5.71. The van der Waals surface area contributed by atoms with Gasteiger partial charge in [0.25, 0.3) is 0 Å². The number of anilines is 1. The molecule has 1 aromatic rings. The maximum atomic E-state index is 5.71. The quantitative estimate of drug-likeness (QED) is 0.651. The van der Waals surface area contributed by atoms with Crippen molar-refractivity contribution in [1.82, 2.24) is 0 Å². The van der Waals surface area contributed by atoms with Crippen LogP contribution in [0.3, 0.4) is 0 Å². The summed E-state index contributed by atoms with van der Waals surface area (Å²) in [6.45, 7) is 1.89. The first-order valence-corrected chi connectivity index (χ1v) is 3.84. The molecule has 0 aliphatic carbocycles. The highest BCUT2D eigenvalue weighted by molar-refractivity contribution is 5.51. The number of hydrogen-bond donors (Lipinski definition) is 2. The summed E-state index contributed by atoms with van der Waals surface area (Å²) in [5, 5.41) is 0. The number of ether oxygens (including phenoxy) is 1. The summed E-state index contributed by atoms with van der Waals surface area (Å²) in [4.78, 5) is 0. The number of benzene rings is 1. The van der Waals surface area contributed by atoms with E-state index in [4.69, 9.17) is 16.2 Å². The molecule has 0 aliphatic heterocycles. The summed E-state index contributed by atoms with van der Waals surface area (Å²) in [6, 6.07) is 5.43. The molecule has 1 atom stereocenters. The molecule has 12 heavy (non-hydrogen) atoms. The van der Waals surface area contributed by atoms with Gasteiger partial charge in [-0.2, -0.15) is 0 Å². The van der Waals surface area contributed by atoms with E-state index in [0.29, 0.717) is 5.69 Å². The van der Waals surface area contributed by atoms with Crippen molar-refractivity contribution >= 4 is 5.69 Å². The van der Waals surface area contributed by atoms with E-state index in [-0.39, 0.29) is 6.04 Å². The van der Waals surface area contributed by atoms with Crippen molar-refractivity contribution in [3.8, 4) is 5.75 Å². The van der Waals surface area contributed by atoms with Gasteiger partial charge in [0.1, 0.15) is 5.75 Å². The third-order valence-electron chi connectivity index (χ3n) is 1.78. The molecule has 1 aromatic carbocycles. The summed E-state index contributed by atoms with van der Waals surface area (Å²) < 4.78 is 5.05. The highest BCUT2D eigenvalue weighted by atomic mass is 16.5. The van der Waals surface area contributed by atoms with Crippen LogP contribution in [0, 0.1) is 0 Å². The van der Waals surface area contributed by atoms with Crippen LogP contribution < -0.4 is 16.2 Å². The van der Waals surface area contributed by atoms with E-state index in [0.717, 1.165) is 11.3 Å². The van der Waals surface area contributed by atoms with Crippen molar-refractivity contribution in [2.75, 3.05) is 12.8 Å². The van der Waals surface area contributed by atoms with E-state index >= 15 is 0 Å². The van der Waals surface area contributed by atoms with Gasteiger partial charge in [0, 0.05) is 11.7 Å². The second kappa shape index (κ2) is 3.45. The highest BCUT2D eigenvalue weighted by Crippen LogP contribution is 2.23. The maximum Gasteiger partial charge on any atom is 0.119 e. The summed E-state index contributed by atoms with van der Waals surface area (Å²) in [7, 11) is 1.62. The molecule has 0 heterocycles. The first-order chi connectivity index (χ1) is 5.65. The van der Waals surface area contributed by atoms with Crippen molar-refractivity contribution < 1.29 is 4.74 Å². The molecule has 0 fully saturated rings. The molecule has 0 aliphatic rings. The van der Waals surface area contributed by atoms with Crippen LogP contribution in [0.25, 0.3) is 0 Å². The Kier molecular flexibility index (Phi) is 2.55. The van der Waals surface area contributed by atoms with Gasteiger partial charge in [-0.3, -0.25) is 0 Å². The second-order valence-corrected chi connectivity index (χ2v) is 2.78. The molecular weight excluding hydrogens is 152 g/mol. The fourth-order valence-corrected chi connectivity index (χ4v) is 1.07. The van der Waals surface area contributed by atoms with E-state index in [9.17, 15) is 0 Å².